The van der Waals surface area contributed by atoms with Crippen molar-refractivity contribution in [2.75, 3.05) is 7.11 Å². The van der Waals surface area contributed by atoms with Gasteiger partial charge in [-0.25, -0.2) is 4.98 Å². The molecule has 0 amide bonds. The number of nitrogens with zero attached hydrogens (tertiary/aromatic N) is 1. The van der Waals surface area contributed by atoms with Gasteiger partial charge in [0.05, 0.1) is 12.6 Å². The number of aromatic amines is 1. The Morgan fingerprint density at radius 2 is 2.29 bits per heavy atom. The van der Waals surface area contributed by atoms with Crippen LogP contribution >= 0.6 is 15.9 Å². The lowest BCUT2D eigenvalue weighted by Gasteiger charge is -2.03. The largest absolute Gasteiger partial charge is 0.496 e. The predicted molar refractivity (Wildman–Crippen MR) is 56.6 cm³/mol. The number of aromatic nitrogens is 2. The Morgan fingerprint density at radius 1 is 1.50 bits per heavy atom. The summed E-state index contributed by atoms with van der Waals surface area (Å²) in [5.41, 5.74) is 0.402. The molecule has 14 heavy (non-hydrogen) atoms. The van der Waals surface area contributed by atoms with Gasteiger partial charge in [-0.05, 0) is 28.1 Å². The molecule has 2 rings (SSSR count). The zero-order valence-corrected chi connectivity index (χ0v) is 8.96. The van der Waals surface area contributed by atoms with Crippen LogP contribution in [0.3, 0.4) is 0 Å². The highest BCUT2D eigenvalue weighted by molar-refractivity contribution is 9.10. The Morgan fingerprint density at radius 3 is 3.00 bits per heavy atom. The molecule has 0 aliphatic carbocycles. The van der Waals surface area contributed by atoms with E-state index in [1.165, 1.54) is 7.11 Å². The van der Waals surface area contributed by atoms with Crippen molar-refractivity contribution in [2.24, 2.45) is 0 Å². The summed E-state index contributed by atoms with van der Waals surface area (Å²) in [6.45, 7) is 0. The highest BCUT2D eigenvalue weighted by atomic mass is 79.9. The van der Waals surface area contributed by atoms with Crippen LogP contribution in [0, 0.1) is 0 Å². The maximum absolute atomic E-state index is 11.6. The summed E-state index contributed by atoms with van der Waals surface area (Å²) in [6.07, 6.45) is 0. The Kier molecular flexibility index (Phi) is 2.25. The number of fused-ring (bicyclic) bond motifs is 1. The number of nitrogens with one attached hydrogen (secondary N) is 1. The zero-order chi connectivity index (χ0) is 10.1. The van der Waals surface area contributed by atoms with Crippen LogP contribution in [0.25, 0.3) is 10.9 Å². The second-order valence-electron chi connectivity index (χ2n) is 2.71. The molecule has 1 heterocycles. The van der Waals surface area contributed by atoms with Gasteiger partial charge >= 0.3 is 0 Å². The molecule has 0 unspecified atom stereocenters. The maximum atomic E-state index is 11.6. The van der Waals surface area contributed by atoms with E-state index in [1.807, 2.05) is 0 Å². The van der Waals surface area contributed by atoms with Crippen LogP contribution in [0.1, 0.15) is 0 Å². The first kappa shape index (κ1) is 9.21. The third kappa shape index (κ3) is 1.39. The third-order valence-corrected chi connectivity index (χ3v) is 2.26. The molecule has 0 saturated carbocycles. The van der Waals surface area contributed by atoms with Crippen LogP contribution in [0.15, 0.2) is 27.7 Å². The summed E-state index contributed by atoms with van der Waals surface area (Å²) >= 11 is 3.12. The molecule has 1 aromatic carbocycles. The minimum atomic E-state index is -0.209. The number of hydrogen-bond acceptors (Lipinski definition) is 3. The monoisotopic (exact) mass is 254 g/mol. The standard InChI is InChI=1S/C9H7BrN2O2/c1-14-6-4-2-3-5-7(6)8(13)12-9(10)11-5/h2-4H,1H3,(H,11,12,13). The molecule has 0 bridgehead atoms. The Labute approximate surface area is 88.1 Å². The Hall–Kier alpha value is -1.36. The summed E-state index contributed by atoms with van der Waals surface area (Å²) in [5.74, 6) is 0.531. The number of ether oxygens (including phenoxy) is 1. The molecule has 0 atom stereocenters. The quantitative estimate of drug-likeness (QED) is 0.789. The van der Waals surface area contributed by atoms with Crippen LogP contribution in [-0.2, 0) is 0 Å². The van der Waals surface area contributed by atoms with Gasteiger partial charge in [0.25, 0.3) is 5.56 Å². The van der Waals surface area contributed by atoms with Gasteiger partial charge in [0.1, 0.15) is 11.1 Å². The minimum Gasteiger partial charge on any atom is -0.496 e. The van der Waals surface area contributed by atoms with Crippen molar-refractivity contribution in [3.05, 3.63) is 33.3 Å². The summed E-state index contributed by atoms with van der Waals surface area (Å²) in [7, 11) is 1.52. The Balaban J connectivity index is 2.94. The zero-order valence-electron chi connectivity index (χ0n) is 7.37. The second-order valence-corrected chi connectivity index (χ2v) is 3.46. The van der Waals surface area contributed by atoms with E-state index in [1.54, 1.807) is 18.2 Å². The van der Waals surface area contributed by atoms with E-state index in [0.29, 0.717) is 21.4 Å². The molecule has 1 aromatic heterocycles. The first-order chi connectivity index (χ1) is 6.72. The van der Waals surface area contributed by atoms with Gasteiger partial charge in [0.2, 0.25) is 0 Å². The van der Waals surface area contributed by atoms with E-state index < -0.39 is 0 Å². The number of hydrogen-bond donors (Lipinski definition) is 1. The Bertz CT molecular complexity index is 536. The van der Waals surface area contributed by atoms with Crippen LogP contribution in [0.5, 0.6) is 5.75 Å². The van der Waals surface area contributed by atoms with E-state index in [2.05, 4.69) is 25.9 Å². The van der Waals surface area contributed by atoms with Gasteiger partial charge in [-0.1, -0.05) is 6.07 Å². The van der Waals surface area contributed by atoms with E-state index in [0.717, 1.165) is 0 Å². The van der Waals surface area contributed by atoms with Crippen molar-refractivity contribution >= 4 is 26.8 Å². The SMILES string of the molecule is COc1cccc2nc(Br)[nH]c(=O)c12. The van der Waals surface area contributed by atoms with Crippen LogP contribution in [0.2, 0.25) is 0 Å². The summed E-state index contributed by atoms with van der Waals surface area (Å²) in [4.78, 5) is 18.3. The average molecular weight is 255 g/mol. The molecule has 0 spiro atoms. The molecule has 0 fully saturated rings. The topological polar surface area (TPSA) is 55.0 Å². The number of benzene rings is 1. The summed E-state index contributed by atoms with van der Waals surface area (Å²) in [5, 5.41) is 0.471. The number of methoxy groups -OCH3 is 1. The van der Waals surface area contributed by atoms with Crippen molar-refractivity contribution in [3.8, 4) is 5.75 Å². The van der Waals surface area contributed by atoms with E-state index in [4.69, 9.17) is 4.74 Å². The number of rotatable bonds is 1. The van der Waals surface area contributed by atoms with Crippen LogP contribution in [0.4, 0.5) is 0 Å². The molecule has 0 aliphatic rings. The molecule has 2 aromatic rings. The van der Waals surface area contributed by atoms with E-state index in [-0.39, 0.29) is 5.56 Å². The summed E-state index contributed by atoms with van der Waals surface area (Å²) < 4.78 is 5.49. The van der Waals surface area contributed by atoms with Gasteiger partial charge in [-0.2, -0.15) is 0 Å². The smallest absolute Gasteiger partial charge is 0.263 e. The molecular formula is C9H7BrN2O2. The molecule has 72 valence electrons. The first-order valence-electron chi connectivity index (χ1n) is 3.95. The fourth-order valence-corrected chi connectivity index (χ4v) is 1.67. The fraction of sp³-hybridized carbons (Fsp3) is 0.111. The van der Waals surface area contributed by atoms with Gasteiger partial charge in [0.15, 0.2) is 4.73 Å². The van der Waals surface area contributed by atoms with Crippen molar-refractivity contribution in [3.63, 3.8) is 0 Å². The van der Waals surface area contributed by atoms with Gasteiger partial charge in [-0.15, -0.1) is 0 Å². The molecule has 0 radical (unpaired) electrons. The average Bonchev–Trinajstić information content (AvgIpc) is 2.16. The third-order valence-electron chi connectivity index (χ3n) is 1.89. The summed E-state index contributed by atoms with van der Waals surface area (Å²) in [6, 6.07) is 5.28. The van der Waals surface area contributed by atoms with Crippen molar-refractivity contribution in [1.29, 1.82) is 0 Å². The highest BCUT2D eigenvalue weighted by Crippen LogP contribution is 2.20. The van der Waals surface area contributed by atoms with Crippen LogP contribution < -0.4 is 10.3 Å². The fourth-order valence-electron chi connectivity index (χ4n) is 1.30. The first-order valence-corrected chi connectivity index (χ1v) is 4.74. The highest BCUT2D eigenvalue weighted by Gasteiger charge is 2.06. The normalized spacial score (nSPS) is 10.4. The van der Waals surface area contributed by atoms with Crippen molar-refractivity contribution in [1.82, 2.24) is 9.97 Å². The van der Waals surface area contributed by atoms with Gasteiger partial charge in [0, 0.05) is 0 Å². The van der Waals surface area contributed by atoms with Crippen LogP contribution in [-0.4, -0.2) is 17.1 Å². The minimum absolute atomic E-state index is 0.209. The molecule has 5 heteroatoms. The lowest BCUT2D eigenvalue weighted by atomic mass is 10.2. The number of H-pyrrole nitrogens is 1. The maximum Gasteiger partial charge on any atom is 0.263 e. The van der Waals surface area contributed by atoms with Crippen molar-refractivity contribution < 1.29 is 4.74 Å². The molecule has 4 nitrogen and oxygen atoms in total. The van der Waals surface area contributed by atoms with E-state index in [9.17, 15) is 4.79 Å². The molecule has 1 N–H and O–H groups in total. The predicted octanol–water partition coefficient (Wildman–Crippen LogP) is 1.69. The lowest BCUT2D eigenvalue weighted by Crippen LogP contribution is -2.09. The second kappa shape index (κ2) is 3.42. The molecular weight excluding hydrogens is 248 g/mol. The van der Waals surface area contributed by atoms with Gasteiger partial charge in [-0.3, -0.25) is 4.79 Å². The lowest BCUT2D eigenvalue weighted by molar-refractivity contribution is 0.419. The van der Waals surface area contributed by atoms with Gasteiger partial charge < -0.3 is 9.72 Å². The number of halogens is 1. The molecule has 0 aliphatic heterocycles. The molecule has 0 saturated heterocycles. The van der Waals surface area contributed by atoms with Crippen molar-refractivity contribution in [2.45, 2.75) is 0 Å². The van der Waals surface area contributed by atoms with E-state index >= 15 is 0 Å².